The Morgan fingerprint density at radius 1 is 1.62 bits per heavy atom. The Hall–Kier alpha value is -1.80. The first-order valence-electron chi connectivity index (χ1n) is 7.10. The van der Waals surface area contributed by atoms with Crippen LogP contribution in [0.3, 0.4) is 0 Å². The van der Waals surface area contributed by atoms with Crippen molar-refractivity contribution in [1.29, 1.82) is 5.26 Å². The van der Waals surface area contributed by atoms with E-state index in [9.17, 15) is 4.79 Å². The zero-order valence-corrected chi connectivity index (χ0v) is 12.8. The zero-order valence-electron chi connectivity index (χ0n) is 12.0. The first-order valence-corrected chi connectivity index (χ1v) is 7.48. The molecule has 1 aromatic heterocycles. The van der Waals surface area contributed by atoms with Gasteiger partial charge in [-0.15, -0.1) is 0 Å². The van der Waals surface area contributed by atoms with Gasteiger partial charge in [-0.2, -0.15) is 5.26 Å². The Labute approximate surface area is 129 Å². The lowest BCUT2D eigenvalue weighted by atomic mass is 10.2. The summed E-state index contributed by atoms with van der Waals surface area (Å²) in [6.07, 6.45) is 4.21. The highest BCUT2D eigenvalue weighted by Gasteiger charge is 2.26. The third-order valence-corrected chi connectivity index (χ3v) is 3.60. The van der Waals surface area contributed by atoms with Crippen LogP contribution < -0.4 is 4.90 Å². The molecule has 0 atom stereocenters. The monoisotopic (exact) mass is 307 g/mol. The normalized spacial score (nSPS) is 13.6. The summed E-state index contributed by atoms with van der Waals surface area (Å²) in [5, 5.41) is 9.30. The van der Waals surface area contributed by atoms with E-state index in [0.29, 0.717) is 41.9 Å². The van der Waals surface area contributed by atoms with Crippen molar-refractivity contribution < 1.29 is 9.53 Å². The van der Waals surface area contributed by atoms with E-state index in [2.05, 4.69) is 4.98 Å². The molecule has 0 saturated heterocycles. The SMILES string of the molecule is CCOC(=O)CCN(CC1CC1)c1ncc(C#N)cc1Cl. The van der Waals surface area contributed by atoms with Crippen LogP contribution in [0.1, 0.15) is 31.7 Å². The second-order valence-electron chi connectivity index (χ2n) is 5.09. The number of esters is 1. The summed E-state index contributed by atoms with van der Waals surface area (Å²) in [5.74, 6) is 1.05. The Morgan fingerprint density at radius 2 is 2.38 bits per heavy atom. The highest BCUT2D eigenvalue weighted by molar-refractivity contribution is 6.33. The number of pyridine rings is 1. The molecule has 0 bridgehead atoms. The molecule has 1 aliphatic rings. The van der Waals surface area contributed by atoms with Crippen LogP contribution >= 0.6 is 11.6 Å². The van der Waals surface area contributed by atoms with Gasteiger partial charge in [-0.05, 0) is 31.7 Å². The van der Waals surface area contributed by atoms with Gasteiger partial charge in [0.25, 0.3) is 0 Å². The third-order valence-electron chi connectivity index (χ3n) is 3.32. The van der Waals surface area contributed by atoms with Gasteiger partial charge >= 0.3 is 5.97 Å². The summed E-state index contributed by atoms with van der Waals surface area (Å²) in [6, 6.07) is 3.62. The molecule has 6 heteroatoms. The third kappa shape index (κ3) is 4.61. The number of ether oxygens (including phenoxy) is 1. The van der Waals surface area contributed by atoms with E-state index in [1.807, 2.05) is 11.0 Å². The van der Waals surface area contributed by atoms with E-state index >= 15 is 0 Å². The molecule has 1 aliphatic carbocycles. The topological polar surface area (TPSA) is 66.2 Å². The molecule has 1 fully saturated rings. The molecule has 112 valence electrons. The number of hydrogen-bond acceptors (Lipinski definition) is 5. The first kappa shape index (κ1) is 15.6. The minimum Gasteiger partial charge on any atom is -0.466 e. The molecule has 0 amide bonds. The van der Waals surface area contributed by atoms with Crippen LogP contribution in [0.5, 0.6) is 0 Å². The number of nitrogens with zero attached hydrogens (tertiary/aromatic N) is 3. The molecule has 0 N–H and O–H groups in total. The fraction of sp³-hybridized carbons (Fsp3) is 0.533. The number of carbonyl (C=O) groups is 1. The van der Waals surface area contributed by atoms with Crippen molar-refractivity contribution in [3.8, 4) is 6.07 Å². The van der Waals surface area contributed by atoms with Crippen LogP contribution in [-0.4, -0.2) is 30.6 Å². The van der Waals surface area contributed by atoms with Gasteiger partial charge in [-0.25, -0.2) is 4.98 Å². The molecule has 0 aliphatic heterocycles. The van der Waals surface area contributed by atoms with E-state index in [1.54, 1.807) is 13.0 Å². The van der Waals surface area contributed by atoms with Crippen molar-refractivity contribution in [3.05, 3.63) is 22.8 Å². The highest BCUT2D eigenvalue weighted by atomic mass is 35.5. The fourth-order valence-corrected chi connectivity index (χ4v) is 2.37. The second kappa shape index (κ2) is 7.28. The summed E-state index contributed by atoms with van der Waals surface area (Å²) in [6.45, 7) is 3.53. The highest BCUT2D eigenvalue weighted by Crippen LogP contribution is 2.33. The van der Waals surface area contributed by atoms with Gasteiger partial charge in [0, 0.05) is 19.3 Å². The van der Waals surface area contributed by atoms with Crippen molar-refractivity contribution in [2.75, 3.05) is 24.6 Å². The molecule has 0 spiro atoms. The zero-order chi connectivity index (χ0) is 15.2. The Balaban J connectivity index is 2.07. The molecule has 0 radical (unpaired) electrons. The number of anilines is 1. The Bertz CT molecular complexity index is 552. The molecule has 21 heavy (non-hydrogen) atoms. The van der Waals surface area contributed by atoms with Gasteiger partial charge in [0.2, 0.25) is 0 Å². The molecule has 1 saturated carbocycles. The summed E-state index contributed by atoms with van der Waals surface area (Å²) >= 11 is 6.21. The fourth-order valence-electron chi connectivity index (χ4n) is 2.08. The van der Waals surface area contributed by atoms with Crippen molar-refractivity contribution in [2.45, 2.75) is 26.2 Å². The molecule has 5 nitrogen and oxygen atoms in total. The molecule has 1 aromatic rings. The lowest BCUT2D eigenvalue weighted by molar-refractivity contribution is -0.142. The maximum atomic E-state index is 11.5. The van der Waals surface area contributed by atoms with Crippen LogP contribution in [0.2, 0.25) is 5.02 Å². The van der Waals surface area contributed by atoms with Crippen LogP contribution in [-0.2, 0) is 9.53 Å². The summed E-state index contributed by atoms with van der Waals surface area (Å²) < 4.78 is 4.95. The van der Waals surface area contributed by atoms with E-state index in [0.717, 1.165) is 6.54 Å². The van der Waals surface area contributed by atoms with E-state index in [-0.39, 0.29) is 5.97 Å². The van der Waals surface area contributed by atoms with Gasteiger partial charge in [-0.1, -0.05) is 11.6 Å². The predicted octanol–water partition coefficient (Wildman–Crippen LogP) is 2.78. The number of aromatic nitrogens is 1. The number of hydrogen-bond donors (Lipinski definition) is 0. The largest absolute Gasteiger partial charge is 0.466 e. The van der Waals surface area contributed by atoms with E-state index in [1.165, 1.54) is 19.0 Å². The average molecular weight is 308 g/mol. The molecule has 0 unspecified atom stereocenters. The number of nitriles is 1. The summed E-state index contributed by atoms with van der Waals surface area (Å²) in [5.41, 5.74) is 0.431. The van der Waals surface area contributed by atoms with Crippen LogP contribution in [0.15, 0.2) is 12.3 Å². The van der Waals surface area contributed by atoms with Gasteiger partial charge in [-0.3, -0.25) is 4.79 Å². The van der Waals surface area contributed by atoms with Crippen LogP contribution in [0.25, 0.3) is 0 Å². The first-order chi connectivity index (χ1) is 10.1. The minimum absolute atomic E-state index is 0.219. The van der Waals surface area contributed by atoms with Crippen molar-refractivity contribution in [2.24, 2.45) is 5.92 Å². The average Bonchev–Trinajstić information content (AvgIpc) is 3.28. The lowest BCUT2D eigenvalue weighted by Crippen LogP contribution is -2.30. The van der Waals surface area contributed by atoms with Gasteiger partial charge in [0.05, 0.1) is 23.6 Å². The maximum Gasteiger partial charge on any atom is 0.307 e. The van der Waals surface area contributed by atoms with Gasteiger partial charge in [0.15, 0.2) is 0 Å². The van der Waals surface area contributed by atoms with Gasteiger partial charge < -0.3 is 9.64 Å². The molecule has 1 heterocycles. The van der Waals surface area contributed by atoms with Crippen molar-refractivity contribution in [1.82, 2.24) is 4.98 Å². The standard InChI is InChI=1S/C15H18ClN3O2/c1-2-21-14(20)5-6-19(10-11-3-4-11)15-13(16)7-12(8-17)9-18-15/h7,9,11H,2-6,10H2,1H3. The van der Waals surface area contributed by atoms with Crippen LogP contribution in [0.4, 0.5) is 5.82 Å². The predicted molar refractivity (Wildman–Crippen MR) is 80.1 cm³/mol. The summed E-state index contributed by atoms with van der Waals surface area (Å²) in [7, 11) is 0. The number of rotatable bonds is 7. The van der Waals surface area contributed by atoms with E-state index in [4.69, 9.17) is 21.6 Å². The van der Waals surface area contributed by atoms with E-state index < -0.39 is 0 Å². The molecule has 2 rings (SSSR count). The second-order valence-corrected chi connectivity index (χ2v) is 5.49. The van der Waals surface area contributed by atoms with Crippen LogP contribution in [0, 0.1) is 17.2 Å². The lowest BCUT2D eigenvalue weighted by Gasteiger charge is -2.24. The maximum absolute atomic E-state index is 11.5. The number of halogens is 1. The Kier molecular flexibility index (Phi) is 5.40. The Morgan fingerprint density at radius 3 is 2.95 bits per heavy atom. The quantitative estimate of drug-likeness (QED) is 0.725. The molecular weight excluding hydrogens is 290 g/mol. The summed E-state index contributed by atoms with van der Waals surface area (Å²) in [4.78, 5) is 17.8. The molecule has 0 aromatic carbocycles. The minimum atomic E-state index is -0.219. The van der Waals surface area contributed by atoms with Crippen molar-refractivity contribution in [3.63, 3.8) is 0 Å². The molecular formula is C15H18ClN3O2. The smallest absolute Gasteiger partial charge is 0.307 e. The number of carbonyl (C=O) groups excluding carboxylic acids is 1. The van der Waals surface area contributed by atoms with Gasteiger partial charge in [0.1, 0.15) is 11.9 Å². The van der Waals surface area contributed by atoms with Crippen molar-refractivity contribution >= 4 is 23.4 Å².